The monoisotopic (exact) mass is 363 g/mol. The minimum Gasteiger partial charge on any atom is -0.382 e. The van der Waals surface area contributed by atoms with Crippen LogP contribution in [0.3, 0.4) is 0 Å². The highest BCUT2D eigenvalue weighted by Gasteiger charge is 2.45. The lowest BCUT2D eigenvalue weighted by atomic mass is 10.2. The first-order valence-corrected chi connectivity index (χ1v) is 7.24. The zero-order valence-electron chi connectivity index (χ0n) is 10.9. The third kappa shape index (κ3) is 2.59. The second kappa shape index (κ2) is 5.13. The molecule has 0 radical (unpaired) electrons. The molecule has 3 heterocycles. The number of halogens is 4. The van der Waals surface area contributed by atoms with Crippen molar-refractivity contribution in [3.05, 3.63) is 22.6 Å². The minimum absolute atomic E-state index is 0.141. The Hall–Kier alpha value is -1.35. The van der Waals surface area contributed by atoms with E-state index in [1.54, 1.807) is 6.07 Å². The SMILES string of the molecule is Nc1ncnn2c(Br)cc(CN3CCCC3C(F)(F)F)c12. The van der Waals surface area contributed by atoms with Crippen LogP contribution >= 0.6 is 15.9 Å². The molecule has 9 heteroatoms. The van der Waals surface area contributed by atoms with Gasteiger partial charge in [-0.3, -0.25) is 4.90 Å². The van der Waals surface area contributed by atoms with Crippen molar-refractivity contribution >= 4 is 27.3 Å². The van der Waals surface area contributed by atoms with Gasteiger partial charge in [-0.25, -0.2) is 9.50 Å². The number of hydrogen-bond acceptors (Lipinski definition) is 4. The zero-order chi connectivity index (χ0) is 15.2. The van der Waals surface area contributed by atoms with Gasteiger partial charge >= 0.3 is 6.18 Å². The lowest BCUT2D eigenvalue weighted by molar-refractivity contribution is -0.177. The normalized spacial score (nSPS) is 20.5. The van der Waals surface area contributed by atoms with Crippen LogP contribution in [0.15, 0.2) is 17.0 Å². The molecule has 1 atom stereocenters. The van der Waals surface area contributed by atoms with Gasteiger partial charge in [-0.15, -0.1) is 0 Å². The molecule has 1 aliphatic rings. The summed E-state index contributed by atoms with van der Waals surface area (Å²) in [6.07, 6.45) is -2.21. The van der Waals surface area contributed by atoms with Crippen molar-refractivity contribution in [3.63, 3.8) is 0 Å². The van der Waals surface area contributed by atoms with Crippen LogP contribution in [0.25, 0.3) is 5.52 Å². The van der Waals surface area contributed by atoms with Gasteiger partial charge in [-0.05, 0) is 46.9 Å². The summed E-state index contributed by atoms with van der Waals surface area (Å²) in [5.41, 5.74) is 7.08. The van der Waals surface area contributed by atoms with Crippen molar-refractivity contribution in [2.45, 2.75) is 31.6 Å². The maximum absolute atomic E-state index is 13.0. The Morgan fingerprint density at radius 3 is 2.90 bits per heavy atom. The molecular weight excluding hydrogens is 351 g/mol. The van der Waals surface area contributed by atoms with Crippen LogP contribution in [-0.2, 0) is 6.54 Å². The van der Waals surface area contributed by atoms with E-state index in [9.17, 15) is 13.2 Å². The van der Waals surface area contributed by atoms with Crippen molar-refractivity contribution in [3.8, 4) is 0 Å². The summed E-state index contributed by atoms with van der Waals surface area (Å²) in [4.78, 5) is 5.35. The number of nitrogen functional groups attached to an aromatic ring is 1. The molecule has 114 valence electrons. The Kier molecular flexibility index (Phi) is 3.56. The number of hydrogen-bond donors (Lipinski definition) is 1. The molecule has 1 unspecified atom stereocenters. The molecule has 1 fully saturated rings. The minimum atomic E-state index is -4.20. The number of nitrogens with two attached hydrogens (primary N) is 1. The molecule has 0 spiro atoms. The summed E-state index contributed by atoms with van der Waals surface area (Å²) in [6, 6.07) is 0.351. The van der Waals surface area contributed by atoms with Crippen molar-refractivity contribution in [2.75, 3.05) is 12.3 Å². The Morgan fingerprint density at radius 1 is 1.43 bits per heavy atom. The fraction of sp³-hybridized carbons (Fsp3) is 0.500. The van der Waals surface area contributed by atoms with Crippen molar-refractivity contribution in [1.82, 2.24) is 19.5 Å². The van der Waals surface area contributed by atoms with Gasteiger partial charge in [-0.2, -0.15) is 18.3 Å². The van der Waals surface area contributed by atoms with E-state index >= 15 is 0 Å². The fourth-order valence-electron chi connectivity index (χ4n) is 2.83. The number of fused-ring (bicyclic) bond motifs is 1. The number of anilines is 1. The number of rotatable bonds is 2. The topological polar surface area (TPSA) is 59.4 Å². The van der Waals surface area contributed by atoms with Gasteiger partial charge in [0.05, 0.1) is 0 Å². The number of nitrogens with zero attached hydrogens (tertiary/aromatic N) is 4. The smallest absolute Gasteiger partial charge is 0.382 e. The molecule has 2 aromatic heterocycles. The average Bonchev–Trinajstić information content (AvgIpc) is 2.96. The largest absolute Gasteiger partial charge is 0.404 e. The first-order valence-electron chi connectivity index (χ1n) is 6.45. The van der Waals surface area contributed by atoms with Gasteiger partial charge < -0.3 is 5.73 Å². The number of aromatic nitrogens is 3. The van der Waals surface area contributed by atoms with E-state index in [0.717, 1.165) is 0 Å². The van der Waals surface area contributed by atoms with E-state index in [1.807, 2.05) is 0 Å². The van der Waals surface area contributed by atoms with Gasteiger partial charge in [0, 0.05) is 6.54 Å². The fourth-order valence-corrected chi connectivity index (χ4v) is 3.37. The maximum atomic E-state index is 13.0. The molecule has 0 saturated carbocycles. The molecule has 3 rings (SSSR count). The molecule has 1 aliphatic heterocycles. The average molecular weight is 364 g/mol. The molecule has 0 amide bonds. The van der Waals surface area contributed by atoms with Crippen LogP contribution in [0.5, 0.6) is 0 Å². The van der Waals surface area contributed by atoms with E-state index in [2.05, 4.69) is 26.0 Å². The van der Waals surface area contributed by atoms with Crippen molar-refractivity contribution < 1.29 is 13.2 Å². The zero-order valence-corrected chi connectivity index (χ0v) is 12.5. The summed E-state index contributed by atoms with van der Waals surface area (Å²) in [7, 11) is 0. The number of alkyl halides is 3. The Balaban J connectivity index is 1.95. The van der Waals surface area contributed by atoms with Crippen LogP contribution in [0.1, 0.15) is 18.4 Å². The lowest BCUT2D eigenvalue weighted by Crippen LogP contribution is -2.40. The van der Waals surface area contributed by atoms with E-state index in [0.29, 0.717) is 28.6 Å². The van der Waals surface area contributed by atoms with E-state index < -0.39 is 12.2 Å². The number of likely N-dealkylation sites (tertiary alicyclic amines) is 1. The molecular formula is C12H13BrF3N5. The Bertz CT molecular complexity index is 669. The third-order valence-electron chi connectivity index (χ3n) is 3.73. The second-order valence-corrected chi connectivity index (χ2v) is 5.88. The third-order valence-corrected chi connectivity index (χ3v) is 4.30. The van der Waals surface area contributed by atoms with Gasteiger partial charge in [0.2, 0.25) is 0 Å². The lowest BCUT2D eigenvalue weighted by Gasteiger charge is -2.26. The first kappa shape index (κ1) is 14.6. The molecule has 0 aliphatic carbocycles. The molecule has 2 N–H and O–H groups in total. The molecule has 2 aromatic rings. The summed E-state index contributed by atoms with van der Waals surface area (Å²) < 4.78 is 41.2. The molecule has 1 saturated heterocycles. The van der Waals surface area contributed by atoms with Gasteiger partial charge in [0.15, 0.2) is 5.82 Å². The predicted octanol–water partition coefficient (Wildman–Crippen LogP) is 2.60. The van der Waals surface area contributed by atoms with Crippen LogP contribution in [0.4, 0.5) is 19.0 Å². The quantitative estimate of drug-likeness (QED) is 0.890. The standard InChI is InChI=1S/C12H13BrF3N5/c13-9-4-7(10-11(17)18-6-19-21(9)10)5-20-3-1-2-8(20)12(14,15)16/h4,6,8H,1-3,5H2,(H2,17,18,19). The molecule has 0 aromatic carbocycles. The van der Waals surface area contributed by atoms with Crippen LogP contribution in [0, 0.1) is 0 Å². The summed E-state index contributed by atoms with van der Waals surface area (Å²) >= 11 is 3.33. The molecule has 21 heavy (non-hydrogen) atoms. The molecule has 0 bridgehead atoms. The van der Waals surface area contributed by atoms with E-state index in [-0.39, 0.29) is 18.8 Å². The maximum Gasteiger partial charge on any atom is 0.404 e. The van der Waals surface area contributed by atoms with Crippen LogP contribution in [0.2, 0.25) is 0 Å². The summed E-state index contributed by atoms with van der Waals surface area (Å²) in [5.74, 6) is 0.258. The summed E-state index contributed by atoms with van der Waals surface area (Å²) in [5, 5.41) is 4.04. The van der Waals surface area contributed by atoms with E-state index in [1.165, 1.54) is 15.7 Å². The predicted molar refractivity (Wildman–Crippen MR) is 74.6 cm³/mol. The first-order chi connectivity index (χ1) is 9.88. The van der Waals surface area contributed by atoms with Crippen molar-refractivity contribution in [1.29, 1.82) is 0 Å². The second-order valence-electron chi connectivity index (χ2n) is 5.07. The summed E-state index contributed by atoms with van der Waals surface area (Å²) in [6.45, 7) is 0.601. The van der Waals surface area contributed by atoms with Gasteiger partial charge in [0.1, 0.15) is 22.5 Å². The van der Waals surface area contributed by atoms with Crippen molar-refractivity contribution in [2.24, 2.45) is 0 Å². The highest BCUT2D eigenvalue weighted by Crippen LogP contribution is 2.35. The van der Waals surface area contributed by atoms with Gasteiger partial charge in [0.25, 0.3) is 0 Å². The highest BCUT2D eigenvalue weighted by atomic mass is 79.9. The van der Waals surface area contributed by atoms with Crippen LogP contribution in [-0.4, -0.2) is 38.3 Å². The van der Waals surface area contributed by atoms with Crippen LogP contribution < -0.4 is 5.73 Å². The Labute approximate surface area is 127 Å². The van der Waals surface area contributed by atoms with E-state index in [4.69, 9.17) is 5.73 Å². The highest BCUT2D eigenvalue weighted by molar-refractivity contribution is 9.10. The van der Waals surface area contributed by atoms with Gasteiger partial charge in [-0.1, -0.05) is 0 Å². The molecule has 5 nitrogen and oxygen atoms in total. The Morgan fingerprint density at radius 2 is 2.19 bits per heavy atom.